The number of fused-ring (bicyclic) bond motifs is 1. The SMILES string of the molecule is CS(=O)(=O)c1ccc(Nc2nccn3c(C4=CCN(C(=O)O)CC4)cnc23)c(F)c1. The van der Waals surface area contributed by atoms with Crippen LogP contribution in [-0.4, -0.2) is 58.2 Å². The summed E-state index contributed by atoms with van der Waals surface area (Å²) in [6.07, 6.45) is 7.37. The maximum Gasteiger partial charge on any atom is 0.407 e. The molecule has 156 valence electrons. The van der Waals surface area contributed by atoms with Crippen molar-refractivity contribution in [1.29, 1.82) is 0 Å². The number of imidazole rings is 1. The van der Waals surface area contributed by atoms with Crippen LogP contribution < -0.4 is 5.32 Å². The molecule has 1 aliphatic heterocycles. The van der Waals surface area contributed by atoms with E-state index in [0.717, 1.165) is 23.6 Å². The molecule has 0 bridgehead atoms. The number of aromatic nitrogens is 3. The molecule has 0 unspecified atom stereocenters. The van der Waals surface area contributed by atoms with Gasteiger partial charge in [0.15, 0.2) is 21.3 Å². The van der Waals surface area contributed by atoms with Gasteiger partial charge < -0.3 is 15.3 Å². The Morgan fingerprint density at radius 1 is 1.30 bits per heavy atom. The van der Waals surface area contributed by atoms with Crippen LogP contribution in [0.2, 0.25) is 0 Å². The summed E-state index contributed by atoms with van der Waals surface area (Å²) in [6, 6.07) is 3.61. The van der Waals surface area contributed by atoms with Gasteiger partial charge in [0, 0.05) is 31.7 Å². The van der Waals surface area contributed by atoms with Crippen LogP contribution >= 0.6 is 0 Å². The standard InChI is InChI=1S/C19H18FN5O4S/c1-30(28,29)13-2-3-15(14(20)10-13)23-17-18-22-11-16(25(18)9-6-21-17)12-4-7-24(8-5-12)19(26)27/h2-4,6,9-11H,5,7-8H2,1H3,(H,21,23)(H,26,27). The lowest BCUT2D eigenvalue weighted by atomic mass is 10.1. The number of rotatable bonds is 4. The lowest BCUT2D eigenvalue weighted by molar-refractivity contribution is 0.150. The van der Waals surface area contributed by atoms with E-state index < -0.39 is 21.7 Å². The quantitative estimate of drug-likeness (QED) is 0.652. The first-order valence-corrected chi connectivity index (χ1v) is 10.9. The van der Waals surface area contributed by atoms with Gasteiger partial charge in [-0.1, -0.05) is 6.08 Å². The normalized spacial score (nSPS) is 14.6. The van der Waals surface area contributed by atoms with Gasteiger partial charge >= 0.3 is 6.09 Å². The highest BCUT2D eigenvalue weighted by Gasteiger charge is 2.20. The van der Waals surface area contributed by atoms with E-state index in [0.29, 0.717) is 31.0 Å². The first kappa shape index (κ1) is 19.8. The number of benzene rings is 1. The second kappa shape index (κ2) is 7.41. The van der Waals surface area contributed by atoms with Crippen LogP contribution in [0.5, 0.6) is 0 Å². The van der Waals surface area contributed by atoms with Crippen LogP contribution in [-0.2, 0) is 9.84 Å². The number of halogens is 1. The Morgan fingerprint density at radius 3 is 2.73 bits per heavy atom. The molecule has 0 saturated heterocycles. The average molecular weight is 431 g/mol. The summed E-state index contributed by atoms with van der Waals surface area (Å²) in [7, 11) is -3.51. The lowest BCUT2D eigenvalue weighted by Gasteiger charge is -2.23. The van der Waals surface area contributed by atoms with Crippen molar-refractivity contribution in [2.75, 3.05) is 24.7 Å². The number of carboxylic acid groups (broad SMARTS) is 1. The molecule has 0 aliphatic carbocycles. The molecule has 0 spiro atoms. The van der Waals surface area contributed by atoms with E-state index >= 15 is 0 Å². The molecular formula is C19H18FN5O4S. The lowest BCUT2D eigenvalue weighted by Crippen LogP contribution is -2.33. The summed E-state index contributed by atoms with van der Waals surface area (Å²) in [5.41, 5.74) is 2.29. The third kappa shape index (κ3) is 3.71. The molecule has 1 amide bonds. The third-order valence-electron chi connectivity index (χ3n) is 4.86. The van der Waals surface area contributed by atoms with Gasteiger partial charge in [-0.15, -0.1) is 0 Å². The van der Waals surface area contributed by atoms with Gasteiger partial charge in [-0.25, -0.2) is 27.6 Å². The molecule has 4 rings (SSSR count). The molecule has 2 aromatic heterocycles. The number of sulfone groups is 1. The van der Waals surface area contributed by atoms with E-state index in [1.807, 2.05) is 6.08 Å². The van der Waals surface area contributed by atoms with E-state index in [2.05, 4.69) is 15.3 Å². The third-order valence-corrected chi connectivity index (χ3v) is 5.97. The van der Waals surface area contributed by atoms with Crippen molar-refractivity contribution < 1.29 is 22.7 Å². The number of amides is 1. The molecule has 0 atom stereocenters. The van der Waals surface area contributed by atoms with E-state index in [1.165, 1.54) is 23.2 Å². The van der Waals surface area contributed by atoms with Gasteiger partial charge in [-0.05, 0) is 30.2 Å². The van der Waals surface area contributed by atoms with Crippen molar-refractivity contribution in [1.82, 2.24) is 19.3 Å². The van der Waals surface area contributed by atoms with Gasteiger partial charge in [0.2, 0.25) is 0 Å². The van der Waals surface area contributed by atoms with Gasteiger partial charge in [0.25, 0.3) is 0 Å². The van der Waals surface area contributed by atoms with E-state index in [1.54, 1.807) is 16.8 Å². The van der Waals surface area contributed by atoms with Gasteiger partial charge in [0.05, 0.1) is 22.5 Å². The minimum atomic E-state index is -3.51. The minimum Gasteiger partial charge on any atom is -0.465 e. The largest absolute Gasteiger partial charge is 0.465 e. The molecule has 1 aliphatic rings. The fourth-order valence-corrected chi connectivity index (χ4v) is 3.91. The van der Waals surface area contributed by atoms with Crippen LogP contribution in [0.4, 0.5) is 20.7 Å². The smallest absolute Gasteiger partial charge is 0.407 e. The first-order valence-electron chi connectivity index (χ1n) is 9.00. The topological polar surface area (TPSA) is 117 Å². The fourth-order valence-electron chi connectivity index (χ4n) is 3.28. The molecule has 30 heavy (non-hydrogen) atoms. The molecule has 3 heterocycles. The van der Waals surface area contributed by atoms with Crippen molar-refractivity contribution in [3.05, 3.63) is 54.4 Å². The molecule has 3 aromatic rings. The number of hydrogen-bond acceptors (Lipinski definition) is 6. The van der Waals surface area contributed by atoms with Crippen LogP contribution in [0.25, 0.3) is 11.2 Å². The number of nitrogens with zero attached hydrogens (tertiary/aromatic N) is 4. The summed E-state index contributed by atoms with van der Waals surface area (Å²) in [4.78, 5) is 20.9. The summed E-state index contributed by atoms with van der Waals surface area (Å²) < 4.78 is 39.4. The van der Waals surface area contributed by atoms with Crippen LogP contribution in [0.15, 0.2) is 47.8 Å². The van der Waals surface area contributed by atoms with Crippen molar-refractivity contribution in [3.63, 3.8) is 0 Å². The summed E-state index contributed by atoms with van der Waals surface area (Å²) in [6.45, 7) is 0.689. The molecule has 1 aromatic carbocycles. The minimum absolute atomic E-state index is 0.0709. The average Bonchev–Trinajstić information content (AvgIpc) is 3.14. The molecule has 0 fully saturated rings. The zero-order valence-electron chi connectivity index (χ0n) is 15.9. The molecule has 11 heteroatoms. The zero-order valence-corrected chi connectivity index (χ0v) is 16.7. The number of anilines is 2. The van der Waals surface area contributed by atoms with Crippen molar-refractivity contribution in [2.45, 2.75) is 11.3 Å². The van der Waals surface area contributed by atoms with E-state index in [-0.39, 0.29) is 10.6 Å². The van der Waals surface area contributed by atoms with Crippen molar-refractivity contribution in [3.8, 4) is 0 Å². The molecular weight excluding hydrogens is 413 g/mol. The number of carbonyl (C=O) groups is 1. The van der Waals surface area contributed by atoms with Crippen LogP contribution in [0.1, 0.15) is 12.1 Å². The van der Waals surface area contributed by atoms with E-state index in [9.17, 15) is 17.6 Å². The monoisotopic (exact) mass is 431 g/mol. The second-order valence-corrected chi connectivity index (χ2v) is 8.88. The Hall–Kier alpha value is -3.47. The van der Waals surface area contributed by atoms with Gasteiger partial charge in [-0.3, -0.25) is 4.40 Å². The van der Waals surface area contributed by atoms with Crippen molar-refractivity contribution in [2.24, 2.45) is 0 Å². The van der Waals surface area contributed by atoms with E-state index in [4.69, 9.17) is 5.11 Å². The molecule has 0 saturated carbocycles. The molecule has 0 radical (unpaired) electrons. The highest BCUT2D eigenvalue weighted by atomic mass is 32.2. The fraction of sp³-hybridized carbons (Fsp3) is 0.211. The predicted molar refractivity (Wildman–Crippen MR) is 108 cm³/mol. The maximum absolute atomic E-state index is 14.4. The summed E-state index contributed by atoms with van der Waals surface area (Å²) in [5.74, 6) is -0.421. The molecule has 2 N–H and O–H groups in total. The van der Waals surface area contributed by atoms with Crippen LogP contribution in [0, 0.1) is 5.82 Å². The zero-order chi connectivity index (χ0) is 21.5. The number of hydrogen-bond donors (Lipinski definition) is 2. The van der Waals surface area contributed by atoms with Crippen molar-refractivity contribution >= 4 is 38.7 Å². The Labute approximate surface area is 171 Å². The highest BCUT2D eigenvalue weighted by molar-refractivity contribution is 7.90. The Kier molecular flexibility index (Phi) is 4.90. The maximum atomic E-state index is 14.4. The number of nitrogens with one attached hydrogen (secondary N) is 1. The molecule has 9 nitrogen and oxygen atoms in total. The Bertz CT molecular complexity index is 1290. The van der Waals surface area contributed by atoms with Gasteiger partial charge in [-0.2, -0.15) is 0 Å². The first-order chi connectivity index (χ1) is 14.2. The predicted octanol–water partition coefficient (Wildman–Crippen LogP) is 2.78. The van der Waals surface area contributed by atoms with Crippen LogP contribution in [0.3, 0.4) is 0 Å². The second-order valence-electron chi connectivity index (χ2n) is 6.86. The Morgan fingerprint density at radius 2 is 2.10 bits per heavy atom. The Balaban J connectivity index is 1.66. The summed E-state index contributed by atoms with van der Waals surface area (Å²) >= 11 is 0. The highest BCUT2D eigenvalue weighted by Crippen LogP contribution is 2.27. The summed E-state index contributed by atoms with van der Waals surface area (Å²) in [5, 5.41) is 11.9. The van der Waals surface area contributed by atoms with Gasteiger partial charge in [0.1, 0.15) is 5.82 Å².